The summed E-state index contributed by atoms with van der Waals surface area (Å²) in [4.78, 5) is 20.3. The van der Waals surface area contributed by atoms with E-state index >= 15 is 0 Å². The Bertz CT molecular complexity index is 605. The lowest BCUT2D eigenvalue weighted by molar-refractivity contribution is 0.0731. The molecule has 0 aliphatic carbocycles. The summed E-state index contributed by atoms with van der Waals surface area (Å²) < 4.78 is 15.1. The zero-order chi connectivity index (χ0) is 14.0. The normalized spacial score (nSPS) is 15.6. The fourth-order valence-electron chi connectivity index (χ4n) is 1.95. The largest absolute Gasteiger partial charge is 0.469 e. The monoisotopic (exact) mass is 285 g/mol. The van der Waals surface area contributed by atoms with Gasteiger partial charge in [-0.15, -0.1) is 0 Å². The number of phosphoric acid groups is 1. The first-order valence-corrected chi connectivity index (χ1v) is 7.35. The van der Waals surface area contributed by atoms with Crippen molar-refractivity contribution in [2.75, 3.05) is 6.61 Å². The van der Waals surface area contributed by atoms with Crippen LogP contribution in [-0.2, 0) is 9.09 Å². The van der Waals surface area contributed by atoms with Gasteiger partial charge in [-0.05, 0) is 6.07 Å². The summed E-state index contributed by atoms with van der Waals surface area (Å²) in [6.07, 6.45) is 0.839. The Labute approximate surface area is 110 Å². The number of phosphoric ester groups is 1. The van der Waals surface area contributed by atoms with Gasteiger partial charge in [-0.1, -0.05) is 25.1 Å². The molecule has 2 rings (SSSR count). The molecule has 0 spiro atoms. The molecule has 2 unspecified atom stereocenters. The third-order valence-corrected chi connectivity index (χ3v) is 3.47. The van der Waals surface area contributed by atoms with E-state index in [0.29, 0.717) is 5.56 Å². The number of nitrogens with one attached hydrogen (secondary N) is 1. The van der Waals surface area contributed by atoms with Crippen LogP contribution in [0.4, 0.5) is 0 Å². The molecule has 4 N–H and O–H groups in total. The fourth-order valence-corrected chi connectivity index (χ4v) is 2.38. The predicted octanol–water partition coefficient (Wildman–Crippen LogP) is 1.95. The third-order valence-electron chi connectivity index (χ3n) is 2.98. The molecule has 1 heterocycles. The van der Waals surface area contributed by atoms with E-state index < -0.39 is 19.8 Å². The zero-order valence-corrected chi connectivity index (χ0v) is 11.2. The molecule has 0 radical (unpaired) electrons. The number of fused-ring (bicyclic) bond motifs is 1. The second kappa shape index (κ2) is 5.45. The van der Waals surface area contributed by atoms with Gasteiger partial charge in [-0.3, -0.25) is 4.52 Å². The molecule has 0 amide bonds. The maximum atomic E-state index is 10.6. The van der Waals surface area contributed by atoms with Gasteiger partial charge in [0.15, 0.2) is 0 Å². The number of aromatic nitrogens is 1. The van der Waals surface area contributed by atoms with Crippen molar-refractivity contribution in [3.63, 3.8) is 0 Å². The van der Waals surface area contributed by atoms with Gasteiger partial charge in [0, 0.05) is 28.6 Å². The molecule has 7 heteroatoms. The van der Waals surface area contributed by atoms with Gasteiger partial charge in [0.05, 0.1) is 12.7 Å². The first-order valence-electron chi connectivity index (χ1n) is 5.82. The van der Waals surface area contributed by atoms with Crippen LogP contribution in [0.1, 0.15) is 18.6 Å². The summed E-state index contributed by atoms with van der Waals surface area (Å²) in [6.45, 7) is 1.45. The first kappa shape index (κ1) is 14.2. The van der Waals surface area contributed by atoms with Gasteiger partial charge in [0.1, 0.15) is 0 Å². The van der Waals surface area contributed by atoms with Gasteiger partial charge >= 0.3 is 7.82 Å². The van der Waals surface area contributed by atoms with Crippen LogP contribution in [0, 0.1) is 5.92 Å². The topological polar surface area (TPSA) is 103 Å². The van der Waals surface area contributed by atoms with E-state index in [-0.39, 0.29) is 6.61 Å². The molecule has 2 aromatic rings. The van der Waals surface area contributed by atoms with E-state index in [2.05, 4.69) is 9.51 Å². The standard InChI is InChI=1S/C12H16NO5P/c1-8(7-18-19(15,16)17)12(14)10-6-13-11-5-3-2-4-9(10)11/h2-6,8,12-14H,7H2,1H3,(H2,15,16,17). The second-order valence-electron chi connectivity index (χ2n) is 4.50. The lowest BCUT2D eigenvalue weighted by Crippen LogP contribution is -2.14. The minimum atomic E-state index is -4.50. The number of rotatable bonds is 5. The number of aliphatic hydroxyl groups is 1. The molecular weight excluding hydrogens is 269 g/mol. The molecular formula is C12H16NO5P. The van der Waals surface area contributed by atoms with Crippen LogP contribution in [0.5, 0.6) is 0 Å². The van der Waals surface area contributed by atoms with Crippen molar-refractivity contribution in [3.05, 3.63) is 36.0 Å². The predicted molar refractivity (Wildman–Crippen MR) is 70.4 cm³/mol. The molecule has 0 fully saturated rings. The summed E-state index contributed by atoms with van der Waals surface area (Å²) in [6, 6.07) is 7.52. The highest BCUT2D eigenvalue weighted by Gasteiger charge is 2.23. The Hall–Kier alpha value is -1.17. The maximum Gasteiger partial charge on any atom is 0.469 e. The van der Waals surface area contributed by atoms with Crippen molar-refractivity contribution in [2.45, 2.75) is 13.0 Å². The highest BCUT2D eigenvalue weighted by molar-refractivity contribution is 7.46. The van der Waals surface area contributed by atoms with Gasteiger partial charge < -0.3 is 19.9 Å². The number of H-pyrrole nitrogens is 1. The number of benzene rings is 1. The average molecular weight is 285 g/mol. The van der Waals surface area contributed by atoms with Crippen molar-refractivity contribution in [3.8, 4) is 0 Å². The fraction of sp³-hybridized carbons (Fsp3) is 0.333. The van der Waals surface area contributed by atoms with Crippen LogP contribution in [-0.4, -0.2) is 26.5 Å². The third kappa shape index (κ3) is 3.43. The zero-order valence-electron chi connectivity index (χ0n) is 10.4. The van der Waals surface area contributed by atoms with Gasteiger partial charge in [0.25, 0.3) is 0 Å². The summed E-state index contributed by atoms with van der Waals surface area (Å²) in [5.74, 6) is -0.438. The lowest BCUT2D eigenvalue weighted by atomic mass is 9.98. The summed E-state index contributed by atoms with van der Waals surface area (Å²) >= 11 is 0. The quantitative estimate of drug-likeness (QED) is 0.629. The SMILES string of the molecule is CC(COP(=O)(O)O)C(O)c1c[nH]c2ccccc12. The molecule has 104 valence electrons. The molecule has 1 aromatic heterocycles. The van der Waals surface area contributed by atoms with E-state index in [0.717, 1.165) is 10.9 Å². The number of aromatic amines is 1. The van der Waals surface area contributed by atoms with Crippen LogP contribution in [0.2, 0.25) is 0 Å². The molecule has 0 aliphatic rings. The molecule has 0 saturated carbocycles. The Balaban J connectivity index is 2.15. The first-order chi connectivity index (χ1) is 8.88. The van der Waals surface area contributed by atoms with Crippen molar-refractivity contribution >= 4 is 18.7 Å². The number of para-hydroxylation sites is 1. The van der Waals surface area contributed by atoms with E-state index in [1.165, 1.54) is 0 Å². The number of hydrogen-bond donors (Lipinski definition) is 4. The van der Waals surface area contributed by atoms with Crippen molar-refractivity contribution in [1.82, 2.24) is 4.98 Å². The maximum absolute atomic E-state index is 10.6. The Morgan fingerprint density at radius 2 is 2.05 bits per heavy atom. The second-order valence-corrected chi connectivity index (χ2v) is 5.74. The molecule has 2 atom stereocenters. The van der Waals surface area contributed by atoms with Crippen LogP contribution in [0.3, 0.4) is 0 Å². The minimum absolute atomic E-state index is 0.217. The molecule has 6 nitrogen and oxygen atoms in total. The molecule has 0 saturated heterocycles. The summed E-state index contributed by atoms with van der Waals surface area (Å²) in [7, 11) is -4.50. The smallest absolute Gasteiger partial charge is 0.388 e. The van der Waals surface area contributed by atoms with Crippen LogP contribution in [0.25, 0.3) is 10.9 Å². The van der Waals surface area contributed by atoms with Crippen molar-refractivity contribution in [2.24, 2.45) is 5.92 Å². The van der Waals surface area contributed by atoms with Crippen molar-refractivity contribution in [1.29, 1.82) is 0 Å². The number of aliphatic hydroxyl groups excluding tert-OH is 1. The van der Waals surface area contributed by atoms with E-state index in [4.69, 9.17) is 9.79 Å². The van der Waals surface area contributed by atoms with E-state index in [1.54, 1.807) is 13.1 Å². The highest BCUT2D eigenvalue weighted by Crippen LogP contribution is 2.38. The number of hydrogen-bond acceptors (Lipinski definition) is 3. The van der Waals surface area contributed by atoms with E-state index in [1.807, 2.05) is 24.3 Å². The molecule has 1 aromatic carbocycles. The molecule has 19 heavy (non-hydrogen) atoms. The summed E-state index contributed by atoms with van der Waals surface area (Å²) in [5, 5.41) is 11.1. The Kier molecular flexibility index (Phi) is 4.08. The van der Waals surface area contributed by atoms with Gasteiger partial charge in [-0.2, -0.15) is 0 Å². The van der Waals surface area contributed by atoms with E-state index in [9.17, 15) is 9.67 Å². The molecule has 0 aliphatic heterocycles. The van der Waals surface area contributed by atoms with Gasteiger partial charge in [-0.25, -0.2) is 4.57 Å². The average Bonchev–Trinajstić information content (AvgIpc) is 2.78. The van der Waals surface area contributed by atoms with Crippen LogP contribution < -0.4 is 0 Å². The Morgan fingerprint density at radius 1 is 1.37 bits per heavy atom. The van der Waals surface area contributed by atoms with Crippen LogP contribution >= 0.6 is 7.82 Å². The van der Waals surface area contributed by atoms with Gasteiger partial charge in [0.2, 0.25) is 0 Å². The summed E-state index contributed by atoms with van der Waals surface area (Å²) in [5.41, 5.74) is 1.59. The van der Waals surface area contributed by atoms with Crippen molar-refractivity contribution < 1.29 is 24.0 Å². The van der Waals surface area contributed by atoms with Crippen LogP contribution in [0.15, 0.2) is 30.5 Å². The Morgan fingerprint density at radius 3 is 2.74 bits per heavy atom. The highest BCUT2D eigenvalue weighted by atomic mass is 31.2. The minimum Gasteiger partial charge on any atom is -0.388 e. The lowest BCUT2D eigenvalue weighted by Gasteiger charge is -2.18. The molecule has 0 bridgehead atoms.